The van der Waals surface area contributed by atoms with E-state index < -0.39 is 0 Å². The SMILES string of the molecule is CCn1cnnc1CN1CCC2(CCC(=O)N(CCN(C)C)C2)CC1. The van der Waals surface area contributed by atoms with Gasteiger partial charge in [0.2, 0.25) is 5.91 Å². The summed E-state index contributed by atoms with van der Waals surface area (Å²) in [6.45, 7) is 8.85. The number of nitrogens with zero attached hydrogens (tertiary/aromatic N) is 6. The van der Waals surface area contributed by atoms with Crippen molar-refractivity contribution in [3.8, 4) is 0 Å². The van der Waals surface area contributed by atoms with Crippen molar-refractivity contribution < 1.29 is 4.79 Å². The van der Waals surface area contributed by atoms with Gasteiger partial charge in [-0.2, -0.15) is 0 Å². The van der Waals surface area contributed by atoms with Crippen molar-refractivity contribution in [2.24, 2.45) is 5.41 Å². The molecule has 0 bridgehead atoms. The summed E-state index contributed by atoms with van der Waals surface area (Å²) < 4.78 is 2.12. The maximum absolute atomic E-state index is 12.3. The van der Waals surface area contributed by atoms with Gasteiger partial charge in [-0.3, -0.25) is 9.69 Å². The van der Waals surface area contributed by atoms with Gasteiger partial charge in [-0.05, 0) is 58.8 Å². The molecular formula is C18H32N6O. The van der Waals surface area contributed by atoms with Crippen molar-refractivity contribution in [1.82, 2.24) is 29.5 Å². The summed E-state index contributed by atoms with van der Waals surface area (Å²) >= 11 is 0. The monoisotopic (exact) mass is 348 g/mol. The van der Waals surface area contributed by atoms with E-state index in [2.05, 4.69) is 50.5 Å². The van der Waals surface area contributed by atoms with Crippen molar-refractivity contribution in [1.29, 1.82) is 0 Å². The second kappa shape index (κ2) is 7.83. The molecule has 0 saturated carbocycles. The average molecular weight is 348 g/mol. The average Bonchev–Trinajstić information content (AvgIpc) is 3.05. The first-order valence-electron chi connectivity index (χ1n) is 9.53. The largest absolute Gasteiger partial charge is 0.341 e. The first-order valence-corrected chi connectivity index (χ1v) is 9.53. The van der Waals surface area contributed by atoms with Crippen LogP contribution >= 0.6 is 0 Å². The van der Waals surface area contributed by atoms with Gasteiger partial charge in [0.1, 0.15) is 12.2 Å². The fourth-order valence-electron chi connectivity index (χ4n) is 4.09. The van der Waals surface area contributed by atoms with Crippen molar-refractivity contribution in [2.75, 3.05) is 46.8 Å². The zero-order valence-corrected chi connectivity index (χ0v) is 15.9. The van der Waals surface area contributed by atoms with Crippen LogP contribution in [0, 0.1) is 5.41 Å². The molecule has 7 heteroatoms. The Bertz CT molecular complexity index is 576. The standard InChI is InChI=1S/C18H32N6O/c1-4-23-15-19-20-16(23)13-22-9-7-18(8-10-22)6-5-17(25)24(14-18)12-11-21(2)3/h15H,4-14H2,1-3H3. The molecule has 0 radical (unpaired) electrons. The highest BCUT2D eigenvalue weighted by molar-refractivity contribution is 5.77. The van der Waals surface area contributed by atoms with E-state index in [0.717, 1.165) is 64.5 Å². The van der Waals surface area contributed by atoms with Crippen LogP contribution in [0.2, 0.25) is 0 Å². The molecule has 7 nitrogen and oxygen atoms in total. The maximum Gasteiger partial charge on any atom is 0.222 e. The first-order chi connectivity index (χ1) is 12.0. The van der Waals surface area contributed by atoms with Gasteiger partial charge in [-0.15, -0.1) is 10.2 Å². The molecule has 0 aliphatic carbocycles. The molecular weight excluding hydrogens is 316 g/mol. The Morgan fingerprint density at radius 2 is 2.00 bits per heavy atom. The van der Waals surface area contributed by atoms with Crippen LogP contribution in [-0.2, 0) is 17.9 Å². The number of carbonyl (C=O) groups excluding carboxylic acids is 1. The highest BCUT2D eigenvalue weighted by Gasteiger charge is 2.40. The number of piperidine rings is 2. The van der Waals surface area contributed by atoms with E-state index in [0.29, 0.717) is 11.3 Å². The number of likely N-dealkylation sites (N-methyl/N-ethyl adjacent to an activating group) is 1. The summed E-state index contributed by atoms with van der Waals surface area (Å²) in [6.07, 6.45) is 5.95. The molecule has 2 aliphatic rings. The van der Waals surface area contributed by atoms with Crippen molar-refractivity contribution in [3.05, 3.63) is 12.2 Å². The first kappa shape index (κ1) is 18.3. The third-order valence-corrected chi connectivity index (χ3v) is 5.88. The van der Waals surface area contributed by atoms with Crippen molar-refractivity contribution in [2.45, 2.75) is 45.7 Å². The Morgan fingerprint density at radius 3 is 2.68 bits per heavy atom. The van der Waals surface area contributed by atoms with Gasteiger partial charge < -0.3 is 14.4 Å². The molecule has 0 aromatic carbocycles. The smallest absolute Gasteiger partial charge is 0.222 e. The Morgan fingerprint density at radius 1 is 1.24 bits per heavy atom. The van der Waals surface area contributed by atoms with E-state index in [9.17, 15) is 4.79 Å². The van der Waals surface area contributed by atoms with E-state index in [1.54, 1.807) is 0 Å². The van der Waals surface area contributed by atoms with E-state index in [1.807, 2.05) is 6.33 Å². The minimum absolute atomic E-state index is 0.329. The second-order valence-corrected chi connectivity index (χ2v) is 7.93. The molecule has 1 amide bonds. The van der Waals surface area contributed by atoms with Crippen molar-refractivity contribution >= 4 is 5.91 Å². The predicted octanol–water partition coefficient (Wildman–Crippen LogP) is 1.06. The summed E-state index contributed by atoms with van der Waals surface area (Å²) in [6, 6.07) is 0. The third kappa shape index (κ3) is 4.39. The van der Waals surface area contributed by atoms with Gasteiger partial charge in [0.25, 0.3) is 0 Å². The molecule has 3 heterocycles. The molecule has 0 unspecified atom stereocenters. The molecule has 1 spiro atoms. The number of rotatable bonds is 6. The molecule has 3 rings (SSSR count). The lowest BCUT2D eigenvalue weighted by atomic mass is 9.72. The van der Waals surface area contributed by atoms with E-state index in [1.165, 1.54) is 12.8 Å². The quantitative estimate of drug-likeness (QED) is 0.769. The fraction of sp³-hybridized carbons (Fsp3) is 0.833. The van der Waals surface area contributed by atoms with Crippen LogP contribution in [0.5, 0.6) is 0 Å². The topological polar surface area (TPSA) is 57.5 Å². The lowest BCUT2D eigenvalue weighted by Gasteiger charge is -2.47. The number of amides is 1. The Labute approximate surface area is 151 Å². The summed E-state index contributed by atoms with van der Waals surface area (Å²) in [7, 11) is 4.13. The highest BCUT2D eigenvalue weighted by Crippen LogP contribution is 2.40. The molecule has 2 aliphatic heterocycles. The second-order valence-electron chi connectivity index (χ2n) is 7.93. The lowest BCUT2D eigenvalue weighted by molar-refractivity contribution is -0.139. The van der Waals surface area contributed by atoms with Gasteiger partial charge in [0, 0.05) is 32.6 Å². The van der Waals surface area contributed by atoms with Gasteiger partial charge in [0.15, 0.2) is 0 Å². The van der Waals surface area contributed by atoms with Crippen LogP contribution in [0.4, 0.5) is 0 Å². The molecule has 2 fully saturated rings. The Balaban J connectivity index is 1.54. The van der Waals surface area contributed by atoms with E-state index in [-0.39, 0.29) is 0 Å². The van der Waals surface area contributed by atoms with Crippen molar-refractivity contribution in [3.63, 3.8) is 0 Å². The molecule has 1 aromatic rings. The molecule has 0 atom stereocenters. The van der Waals surface area contributed by atoms with Gasteiger partial charge in [-0.1, -0.05) is 0 Å². The third-order valence-electron chi connectivity index (χ3n) is 5.88. The zero-order valence-electron chi connectivity index (χ0n) is 15.9. The normalized spacial score (nSPS) is 21.4. The van der Waals surface area contributed by atoms with Gasteiger partial charge in [-0.25, -0.2) is 0 Å². The van der Waals surface area contributed by atoms with Gasteiger partial charge in [0.05, 0.1) is 6.54 Å². The Hall–Kier alpha value is -1.47. The lowest BCUT2D eigenvalue weighted by Crippen LogP contribution is -2.52. The summed E-state index contributed by atoms with van der Waals surface area (Å²) in [4.78, 5) is 19.0. The minimum atomic E-state index is 0.329. The van der Waals surface area contributed by atoms with Crippen LogP contribution in [0.1, 0.15) is 38.4 Å². The molecule has 1 aromatic heterocycles. The van der Waals surface area contributed by atoms with Crippen LogP contribution in [-0.4, -0.2) is 82.2 Å². The number of carbonyl (C=O) groups is 1. The minimum Gasteiger partial charge on any atom is -0.341 e. The highest BCUT2D eigenvalue weighted by atomic mass is 16.2. The number of hydrogen-bond acceptors (Lipinski definition) is 5. The molecule has 25 heavy (non-hydrogen) atoms. The summed E-state index contributed by atoms with van der Waals surface area (Å²) in [5.41, 5.74) is 0.329. The van der Waals surface area contributed by atoms with Crippen LogP contribution in [0.15, 0.2) is 6.33 Å². The summed E-state index contributed by atoms with van der Waals surface area (Å²) in [5, 5.41) is 8.29. The Kier molecular flexibility index (Phi) is 5.74. The number of likely N-dealkylation sites (tertiary alicyclic amines) is 2. The summed E-state index contributed by atoms with van der Waals surface area (Å²) in [5.74, 6) is 1.40. The van der Waals surface area contributed by atoms with Crippen LogP contribution < -0.4 is 0 Å². The molecule has 0 N–H and O–H groups in total. The zero-order chi connectivity index (χ0) is 17.9. The van der Waals surface area contributed by atoms with Crippen LogP contribution in [0.25, 0.3) is 0 Å². The molecule has 2 saturated heterocycles. The maximum atomic E-state index is 12.3. The van der Waals surface area contributed by atoms with E-state index >= 15 is 0 Å². The van der Waals surface area contributed by atoms with E-state index in [4.69, 9.17) is 0 Å². The van der Waals surface area contributed by atoms with Crippen LogP contribution in [0.3, 0.4) is 0 Å². The molecule has 140 valence electrons. The number of aryl methyl sites for hydroxylation is 1. The van der Waals surface area contributed by atoms with Gasteiger partial charge >= 0.3 is 0 Å². The fourth-order valence-corrected chi connectivity index (χ4v) is 4.09. The number of hydrogen-bond donors (Lipinski definition) is 0. The number of aromatic nitrogens is 3. The predicted molar refractivity (Wildman–Crippen MR) is 97.0 cm³/mol.